The van der Waals surface area contributed by atoms with E-state index in [0.29, 0.717) is 37.2 Å². The van der Waals surface area contributed by atoms with Gasteiger partial charge in [-0.2, -0.15) is 0 Å². The Kier molecular flexibility index (Phi) is 5.79. The van der Waals surface area contributed by atoms with Gasteiger partial charge in [0.1, 0.15) is 0 Å². The lowest BCUT2D eigenvalue weighted by Gasteiger charge is -2.35. The molecule has 3 heterocycles. The summed E-state index contributed by atoms with van der Waals surface area (Å²) in [5.41, 5.74) is 2.40. The maximum atomic E-state index is 13.2. The van der Waals surface area contributed by atoms with Gasteiger partial charge in [0.25, 0.3) is 5.91 Å². The number of nitrogens with zero attached hydrogens (tertiary/aromatic N) is 3. The number of likely N-dealkylation sites (tertiary alicyclic amines) is 1. The van der Waals surface area contributed by atoms with Crippen LogP contribution in [0.25, 0.3) is 11.0 Å². The largest absolute Gasteiger partial charge is 0.462 e. The number of hydrogen-bond donors (Lipinski definition) is 1. The number of carbonyl (C=O) groups is 3. The Labute approximate surface area is 195 Å². The van der Waals surface area contributed by atoms with Gasteiger partial charge in [0, 0.05) is 19.1 Å². The Morgan fingerprint density at radius 3 is 2.44 bits per heavy atom. The number of piperidine rings is 1. The smallest absolute Gasteiger partial charge is 0.338 e. The lowest BCUT2D eigenvalue weighted by Crippen LogP contribution is -2.46. The fourth-order valence-electron chi connectivity index (χ4n) is 5.03. The first-order valence-electron chi connectivity index (χ1n) is 11.5. The first-order chi connectivity index (χ1) is 16.5. The quantitative estimate of drug-likeness (QED) is 0.461. The van der Waals surface area contributed by atoms with Crippen molar-refractivity contribution in [3.05, 3.63) is 64.6 Å². The molecule has 0 unspecified atom stereocenters. The molecule has 2 aliphatic rings. The van der Waals surface area contributed by atoms with Crippen LogP contribution in [0.2, 0.25) is 0 Å². The topological polar surface area (TPSA) is 105 Å². The van der Waals surface area contributed by atoms with Crippen LogP contribution in [0.4, 0.5) is 5.69 Å². The minimum atomic E-state index is -0.516. The SMILES string of the molecule is CCOC(=O)c1ccc(N2C(=O)C[C@@H](N3CCC(n4c(=O)[nH]c5ccccc54)CC3)C2=O)cc1. The highest BCUT2D eigenvalue weighted by Gasteiger charge is 2.43. The molecular formula is C25H26N4O5. The number of imidazole rings is 1. The van der Waals surface area contributed by atoms with Crippen molar-refractivity contribution in [2.24, 2.45) is 0 Å². The van der Waals surface area contributed by atoms with Crippen LogP contribution < -0.4 is 10.6 Å². The Balaban J connectivity index is 1.27. The van der Waals surface area contributed by atoms with Crippen LogP contribution in [-0.4, -0.2) is 58.0 Å². The molecule has 1 aromatic heterocycles. The summed E-state index contributed by atoms with van der Waals surface area (Å²) >= 11 is 0. The summed E-state index contributed by atoms with van der Waals surface area (Å²) in [4.78, 5) is 56.5. The van der Waals surface area contributed by atoms with Crippen molar-refractivity contribution in [2.75, 3.05) is 24.6 Å². The van der Waals surface area contributed by atoms with Gasteiger partial charge in [0.2, 0.25) is 5.91 Å². The van der Waals surface area contributed by atoms with Crippen molar-refractivity contribution in [3.63, 3.8) is 0 Å². The fourth-order valence-corrected chi connectivity index (χ4v) is 5.03. The van der Waals surface area contributed by atoms with Gasteiger partial charge >= 0.3 is 11.7 Å². The van der Waals surface area contributed by atoms with Gasteiger partial charge in [-0.3, -0.25) is 19.1 Å². The number of aromatic amines is 1. The normalized spacial score (nSPS) is 19.8. The number of imide groups is 1. The number of aromatic nitrogens is 2. The summed E-state index contributed by atoms with van der Waals surface area (Å²) in [5, 5.41) is 0. The summed E-state index contributed by atoms with van der Waals surface area (Å²) in [6.07, 6.45) is 1.55. The predicted molar refractivity (Wildman–Crippen MR) is 126 cm³/mol. The van der Waals surface area contributed by atoms with E-state index in [1.54, 1.807) is 31.2 Å². The molecule has 2 aromatic carbocycles. The van der Waals surface area contributed by atoms with Gasteiger partial charge in [-0.05, 0) is 56.2 Å². The van der Waals surface area contributed by atoms with E-state index in [4.69, 9.17) is 4.74 Å². The number of rotatable bonds is 5. The molecule has 5 rings (SSSR count). The minimum absolute atomic E-state index is 0.0404. The first kappa shape index (κ1) is 22.1. The number of fused-ring (bicyclic) bond motifs is 1. The molecule has 0 radical (unpaired) electrons. The van der Waals surface area contributed by atoms with Crippen LogP contribution in [0.3, 0.4) is 0 Å². The Bertz CT molecular complexity index is 1300. The summed E-state index contributed by atoms with van der Waals surface area (Å²) in [7, 11) is 0. The molecule has 34 heavy (non-hydrogen) atoms. The summed E-state index contributed by atoms with van der Waals surface area (Å²) < 4.78 is 6.79. The van der Waals surface area contributed by atoms with Crippen molar-refractivity contribution in [3.8, 4) is 0 Å². The number of carbonyl (C=O) groups excluding carboxylic acids is 3. The number of H-pyrrole nitrogens is 1. The molecule has 0 aliphatic carbocycles. The standard InChI is InChI=1S/C25H26N4O5/c1-2-34-24(32)16-7-9-17(10-8-16)29-22(30)15-21(23(29)31)27-13-11-18(12-14-27)28-20-6-4-3-5-19(20)26-25(28)33/h3-10,18,21H,2,11-15H2,1H3,(H,26,33)/t21-/m1/s1. The average molecular weight is 463 g/mol. The second-order valence-corrected chi connectivity index (χ2v) is 8.64. The van der Waals surface area contributed by atoms with Crippen molar-refractivity contribution >= 4 is 34.5 Å². The molecule has 1 atom stereocenters. The number of para-hydroxylation sites is 2. The zero-order valence-corrected chi connectivity index (χ0v) is 18.9. The monoisotopic (exact) mass is 462 g/mol. The van der Waals surface area contributed by atoms with Crippen LogP contribution in [-0.2, 0) is 14.3 Å². The molecule has 2 saturated heterocycles. The zero-order valence-electron chi connectivity index (χ0n) is 18.9. The van der Waals surface area contributed by atoms with Crippen LogP contribution >= 0.6 is 0 Å². The number of amides is 2. The van der Waals surface area contributed by atoms with Crippen molar-refractivity contribution in [1.82, 2.24) is 14.5 Å². The average Bonchev–Trinajstić information content (AvgIpc) is 3.34. The number of benzene rings is 2. The van der Waals surface area contributed by atoms with Gasteiger partial charge in [-0.15, -0.1) is 0 Å². The summed E-state index contributed by atoms with van der Waals surface area (Å²) in [6, 6.07) is 13.5. The molecule has 0 bridgehead atoms. The summed E-state index contributed by atoms with van der Waals surface area (Å²) in [6.45, 7) is 3.25. The van der Waals surface area contributed by atoms with E-state index in [9.17, 15) is 19.2 Å². The molecule has 0 saturated carbocycles. The zero-order chi connectivity index (χ0) is 23.8. The Morgan fingerprint density at radius 1 is 1.03 bits per heavy atom. The van der Waals surface area contributed by atoms with Gasteiger partial charge in [0.15, 0.2) is 0 Å². The molecule has 2 fully saturated rings. The van der Waals surface area contributed by atoms with Crippen molar-refractivity contribution in [1.29, 1.82) is 0 Å². The van der Waals surface area contributed by atoms with E-state index in [-0.39, 0.29) is 36.6 Å². The van der Waals surface area contributed by atoms with Gasteiger partial charge in [0.05, 0.1) is 41.4 Å². The highest BCUT2D eigenvalue weighted by Crippen LogP contribution is 2.31. The van der Waals surface area contributed by atoms with Gasteiger partial charge < -0.3 is 9.72 Å². The Hall–Kier alpha value is -3.72. The van der Waals surface area contributed by atoms with Crippen LogP contribution in [0.1, 0.15) is 42.6 Å². The lowest BCUT2D eigenvalue weighted by atomic mass is 10.0. The number of anilines is 1. The number of hydrogen-bond acceptors (Lipinski definition) is 6. The van der Waals surface area contributed by atoms with Crippen LogP contribution in [0, 0.1) is 0 Å². The number of esters is 1. The fraction of sp³-hybridized carbons (Fsp3) is 0.360. The lowest BCUT2D eigenvalue weighted by molar-refractivity contribution is -0.123. The molecular weight excluding hydrogens is 436 g/mol. The maximum absolute atomic E-state index is 13.2. The van der Waals surface area contributed by atoms with E-state index in [2.05, 4.69) is 4.98 Å². The number of nitrogens with one attached hydrogen (secondary N) is 1. The highest BCUT2D eigenvalue weighted by molar-refractivity contribution is 6.22. The molecule has 0 spiro atoms. The number of ether oxygens (including phenoxy) is 1. The van der Waals surface area contributed by atoms with E-state index in [1.807, 2.05) is 33.7 Å². The molecule has 9 heteroatoms. The minimum Gasteiger partial charge on any atom is -0.462 e. The molecule has 2 aliphatic heterocycles. The molecule has 9 nitrogen and oxygen atoms in total. The highest BCUT2D eigenvalue weighted by atomic mass is 16.5. The van der Waals surface area contributed by atoms with Crippen LogP contribution in [0.5, 0.6) is 0 Å². The van der Waals surface area contributed by atoms with Crippen molar-refractivity contribution < 1.29 is 19.1 Å². The van der Waals surface area contributed by atoms with Gasteiger partial charge in [-0.1, -0.05) is 12.1 Å². The first-order valence-corrected chi connectivity index (χ1v) is 11.5. The van der Waals surface area contributed by atoms with Crippen LogP contribution in [0.15, 0.2) is 53.3 Å². The third-order valence-corrected chi connectivity index (χ3v) is 6.69. The molecule has 176 valence electrons. The van der Waals surface area contributed by atoms with E-state index in [1.165, 1.54) is 4.90 Å². The predicted octanol–water partition coefficient (Wildman–Crippen LogP) is 2.48. The second-order valence-electron chi connectivity index (χ2n) is 8.64. The molecule has 3 aromatic rings. The summed E-state index contributed by atoms with van der Waals surface area (Å²) in [5.74, 6) is -0.950. The third-order valence-electron chi connectivity index (χ3n) is 6.69. The Morgan fingerprint density at radius 2 is 1.74 bits per heavy atom. The molecule has 1 N–H and O–H groups in total. The maximum Gasteiger partial charge on any atom is 0.338 e. The van der Waals surface area contributed by atoms with E-state index < -0.39 is 12.0 Å². The van der Waals surface area contributed by atoms with E-state index in [0.717, 1.165) is 11.0 Å². The van der Waals surface area contributed by atoms with E-state index >= 15 is 0 Å². The second kappa shape index (κ2) is 8.90. The van der Waals surface area contributed by atoms with Gasteiger partial charge in [-0.25, -0.2) is 14.5 Å². The third kappa shape index (κ3) is 3.81. The van der Waals surface area contributed by atoms with Crippen molar-refractivity contribution in [2.45, 2.75) is 38.3 Å². The molecule has 2 amide bonds.